The monoisotopic (exact) mass is 291 g/mol. The summed E-state index contributed by atoms with van der Waals surface area (Å²) in [6, 6.07) is 1.35. The normalized spacial score (nSPS) is 12.3. The molecule has 0 heterocycles. The molecule has 0 spiro atoms. The minimum absolute atomic E-state index is 0.0857. The lowest BCUT2D eigenvalue weighted by Gasteiger charge is -2.13. The number of benzene rings is 1. The van der Waals surface area contributed by atoms with E-state index in [0.29, 0.717) is 25.0 Å². The number of carbonyl (C=O) groups excluding carboxylic acids is 1. The number of esters is 1. The Morgan fingerprint density at radius 2 is 2.05 bits per heavy atom. The van der Waals surface area contributed by atoms with Crippen LogP contribution in [0.25, 0.3) is 0 Å². The minimum atomic E-state index is -1.01. The summed E-state index contributed by atoms with van der Waals surface area (Å²) in [5, 5.41) is 0.0857. The van der Waals surface area contributed by atoms with Crippen molar-refractivity contribution in [3.8, 4) is 0 Å². The van der Waals surface area contributed by atoms with Crippen LogP contribution in [0.5, 0.6) is 0 Å². The summed E-state index contributed by atoms with van der Waals surface area (Å²) >= 11 is 5.81. The second-order valence-electron chi connectivity index (χ2n) is 4.09. The molecule has 0 radical (unpaired) electrons. The maximum Gasteiger partial charge on any atom is 0.305 e. The fraction of sp³-hybridized carbons (Fsp3) is 0.462. The van der Waals surface area contributed by atoms with Crippen molar-refractivity contribution in [1.29, 1.82) is 0 Å². The zero-order valence-electron chi connectivity index (χ0n) is 10.6. The van der Waals surface area contributed by atoms with Crippen molar-refractivity contribution in [2.45, 2.75) is 32.2 Å². The second kappa shape index (κ2) is 7.40. The van der Waals surface area contributed by atoms with Gasteiger partial charge in [0, 0.05) is 17.5 Å². The van der Waals surface area contributed by atoms with Crippen LogP contribution in [0.2, 0.25) is 5.02 Å². The van der Waals surface area contributed by atoms with Crippen molar-refractivity contribution in [3.63, 3.8) is 0 Å². The number of halogens is 3. The third-order valence-electron chi connectivity index (χ3n) is 2.64. The molecular formula is C13H16ClF2NO2. The summed E-state index contributed by atoms with van der Waals surface area (Å²) < 4.78 is 30.8. The predicted octanol–water partition coefficient (Wildman–Crippen LogP) is 3.35. The van der Waals surface area contributed by atoms with Crippen molar-refractivity contribution >= 4 is 17.6 Å². The van der Waals surface area contributed by atoms with Crippen LogP contribution in [-0.4, -0.2) is 12.6 Å². The van der Waals surface area contributed by atoms with Gasteiger partial charge in [0.1, 0.15) is 0 Å². The summed E-state index contributed by atoms with van der Waals surface area (Å²) in [6.07, 6.45) is 1.17. The molecule has 0 aliphatic carbocycles. The first kappa shape index (κ1) is 15.9. The maximum absolute atomic E-state index is 13.1. The molecule has 1 unspecified atom stereocenters. The van der Waals surface area contributed by atoms with Crippen LogP contribution in [-0.2, 0) is 9.53 Å². The zero-order chi connectivity index (χ0) is 14.4. The molecule has 3 nitrogen and oxygen atoms in total. The van der Waals surface area contributed by atoms with E-state index in [-0.39, 0.29) is 17.4 Å². The molecule has 0 aliphatic heterocycles. The van der Waals surface area contributed by atoms with Gasteiger partial charge >= 0.3 is 5.97 Å². The van der Waals surface area contributed by atoms with Gasteiger partial charge in [-0.3, -0.25) is 4.79 Å². The van der Waals surface area contributed by atoms with Gasteiger partial charge in [-0.05, 0) is 37.5 Å². The first-order valence-electron chi connectivity index (χ1n) is 6.01. The molecular weight excluding hydrogens is 276 g/mol. The molecule has 0 aliphatic rings. The highest BCUT2D eigenvalue weighted by Gasteiger charge is 2.15. The topological polar surface area (TPSA) is 52.3 Å². The van der Waals surface area contributed by atoms with Gasteiger partial charge in [-0.2, -0.15) is 0 Å². The number of ether oxygens (including phenoxy) is 1. The molecule has 2 N–H and O–H groups in total. The number of rotatable bonds is 6. The third kappa shape index (κ3) is 4.76. The molecule has 0 aromatic heterocycles. The van der Waals surface area contributed by atoms with E-state index in [4.69, 9.17) is 22.1 Å². The Hall–Kier alpha value is -1.20. The number of hydrogen-bond acceptors (Lipinski definition) is 3. The van der Waals surface area contributed by atoms with Crippen LogP contribution in [0, 0.1) is 11.6 Å². The van der Waals surface area contributed by atoms with Crippen LogP contribution in [0.4, 0.5) is 8.78 Å². The average molecular weight is 292 g/mol. The summed E-state index contributed by atoms with van der Waals surface area (Å²) in [5.41, 5.74) is 6.19. The number of nitrogens with two attached hydrogens (primary N) is 1. The van der Waals surface area contributed by atoms with Gasteiger partial charge in [0.25, 0.3) is 0 Å². The fourth-order valence-electron chi connectivity index (χ4n) is 1.68. The van der Waals surface area contributed by atoms with Crippen molar-refractivity contribution in [2.75, 3.05) is 6.61 Å². The average Bonchev–Trinajstić information content (AvgIpc) is 2.34. The molecule has 1 aromatic rings. The van der Waals surface area contributed by atoms with Crippen molar-refractivity contribution < 1.29 is 18.3 Å². The smallest absolute Gasteiger partial charge is 0.305 e. The van der Waals surface area contributed by atoms with Gasteiger partial charge in [-0.25, -0.2) is 8.78 Å². The first-order chi connectivity index (χ1) is 8.95. The highest BCUT2D eigenvalue weighted by Crippen LogP contribution is 2.27. The van der Waals surface area contributed by atoms with Crippen LogP contribution in [0.3, 0.4) is 0 Å². The molecule has 0 saturated heterocycles. The Balaban J connectivity index is 2.56. The zero-order valence-corrected chi connectivity index (χ0v) is 11.3. The Labute approximate surface area is 115 Å². The maximum atomic E-state index is 13.1. The van der Waals surface area contributed by atoms with E-state index in [1.807, 2.05) is 0 Å². The Bertz CT molecular complexity index is 455. The van der Waals surface area contributed by atoms with E-state index in [2.05, 4.69) is 0 Å². The van der Waals surface area contributed by atoms with E-state index in [1.165, 1.54) is 0 Å². The molecule has 0 amide bonds. The van der Waals surface area contributed by atoms with Crippen LogP contribution in [0.15, 0.2) is 12.1 Å². The lowest BCUT2D eigenvalue weighted by Crippen LogP contribution is -2.13. The van der Waals surface area contributed by atoms with Gasteiger partial charge in [-0.1, -0.05) is 11.6 Å². The second-order valence-corrected chi connectivity index (χ2v) is 4.50. The molecule has 1 rings (SSSR count). The molecule has 0 bridgehead atoms. The quantitative estimate of drug-likeness (QED) is 0.646. The lowest BCUT2D eigenvalue weighted by molar-refractivity contribution is -0.143. The van der Waals surface area contributed by atoms with Crippen LogP contribution in [0.1, 0.15) is 37.8 Å². The van der Waals surface area contributed by atoms with Gasteiger partial charge in [0.05, 0.1) is 6.61 Å². The largest absolute Gasteiger partial charge is 0.466 e. The molecule has 19 heavy (non-hydrogen) atoms. The first-order valence-corrected chi connectivity index (χ1v) is 6.39. The molecule has 0 saturated carbocycles. The summed E-state index contributed by atoms with van der Waals surface area (Å²) in [5.74, 6) is -2.29. The van der Waals surface area contributed by atoms with E-state index < -0.39 is 17.7 Å². The van der Waals surface area contributed by atoms with E-state index in [9.17, 15) is 13.6 Å². The summed E-state index contributed by atoms with van der Waals surface area (Å²) in [4.78, 5) is 11.1. The SMILES string of the molecule is CCOC(=O)CCCC(N)c1cc(F)c(F)cc1Cl. The van der Waals surface area contributed by atoms with Gasteiger partial charge in [0.15, 0.2) is 11.6 Å². The van der Waals surface area contributed by atoms with Gasteiger partial charge in [0.2, 0.25) is 0 Å². The van der Waals surface area contributed by atoms with Gasteiger partial charge in [-0.15, -0.1) is 0 Å². The van der Waals surface area contributed by atoms with Crippen LogP contribution < -0.4 is 5.73 Å². The van der Waals surface area contributed by atoms with E-state index in [1.54, 1.807) is 6.92 Å². The summed E-state index contributed by atoms with van der Waals surface area (Å²) in [7, 11) is 0. The lowest BCUT2D eigenvalue weighted by atomic mass is 10.0. The Kier molecular flexibility index (Phi) is 6.18. The van der Waals surface area contributed by atoms with Crippen molar-refractivity contribution in [3.05, 3.63) is 34.4 Å². The fourth-order valence-corrected chi connectivity index (χ4v) is 1.97. The van der Waals surface area contributed by atoms with Crippen LogP contribution >= 0.6 is 11.6 Å². The van der Waals surface area contributed by atoms with Gasteiger partial charge < -0.3 is 10.5 Å². The third-order valence-corrected chi connectivity index (χ3v) is 2.97. The van der Waals surface area contributed by atoms with Crippen molar-refractivity contribution in [2.24, 2.45) is 5.73 Å². The highest BCUT2D eigenvalue weighted by molar-refractivity contribution is 6.31. The molecule has 1 aromatic carbocycles. The Morgan fingerprint density at radius 3 is 2.68 bits per heavy atom. The van der Waals surface area contributed by atoms with Crippen molar-refractivity contribution in [1.82, 2.24) is 0 Å². The molecule has 106 valence electrons. The molecule has 1 atom stereocenters. The standard InChI is InChI=1S/C13H16ClF2NO2/c1-2-19-13(18)5-3-4-12(17)8-6-10(15)11(16)7-9(8)14/h6-7,12H,2-5,17H2,1H3. The molecule has 0 fully saturated rings. The van der Waals surface area contributed by atoms with E-state index >= 15 is 0 Å². The van der Waals surface area contributed by atoms with E-state index in [0.717, 1.165) is 12.1 Å². The highest BCUT2D eigenvalue weighted by atomic mass is 35.5. The predicted molar refractivity (Wildman–Crippen MR) is 68.8 cm³/mol. The number of hydrogen-bond donors (Lipinski definition) is 1. The Morgan fingerprint density at radius 1 is 1.42 bits per heavy atom. The summed E-state index contributed by atoms with van der Waals surface area (Å²) in [6.45, 7) is 2.06. The molecule has 6 heteroatoms. The minimum Gasteiger partial charge on any atom is -0.466 e. The number of carbonyl (C=O) groups is 1.